The smallest absolute Gasteiger partial charge is 0.123 e. The van der Waals surface area contributed by atoms with Crippen LogP contribution in [0.15, 0.2) is 48.5 Å². The highest BCUT2D eigenvalue weighted by Crippen LogP contribution is 2.10. The summed E-state index contributed by atoms with van der Waals surface area (Å²) in [6.45, 7) is 1.35. The van der Waals surface area contributed by atoms with Crippen molar-refractivity contribution in [2.75, 3.05) is 0 Å². The summed E-state index contributed by atoms with van der Waals surface area (Å²) in [4.78, 5) is 7.74. The minimum atomic E-state index is -0.207. The maximum atomic E-state index is 12.8. The third-order valence-corrected chi connectivity index (χ3v) is 2.97. The molecule has 0 radical (unpaired) electrons. The Hall–Kier alpha value is -2.20. The van der Waals surface area contributed by atoms with E-state index in [1.807, 2.05) is 24.3 Å². The summed E-state index contributed by atoms with van der Waals surface area (Å²) in [6, 6.07) is 14.4. The Kier molecular flexibility index (Phi) is 3.25. The number of halogens is 1. The molecule has 0 saturated heterocycles. The zero-order valence-corrected chi connectivity index (χ0v) is 10.4. The van der Waals surface area contributed by atoms with Gasteiger partial charge in [0.25, 0.3) is 0 Å². The molecule has 3 rings (SSSR count). The van der Waals surface area contributed by atoms with Crippen molar-refractivity contribution in [1.29, 1.82) is 0 Å². The second-order valence-electron chi connectivity index (χ2n) is 4.43. The van der Waals surface area contributed by atoms with Gasteiger partial charge in [-0.05, 0) is 29.8 Å². The summed E-state index contributed by atoms with van der Waals surface area (Å²) in [5.41, 5.74) is 3.07. The van der Waals surface area contributed by atoms with Crippen molar-refractivity contribution >= 4 is 11.0 Å². The standard InChI is InChI=1S/C15H14FN3/c16-12-7-5-11(6-8-12)9-17-10-15-18-13-3-1-2-4-14(13)19-15/h1-8,17H,9-10H2,(H,18,19). The average molecular weight is 255 g/mol. The number of hydrogen-bond donors (Lipinski definition) is 2. The number of benzene rings is 2. The lowest BCUT2D eigenvalue weighted by Gasteiger charge is -2.02. The van der Waals surface area contributed by atoms with E-state index in [1.54, 1.807) is 12.1 Å². The highest BCUT2D eigenvalue weighted by Gasteiger charge is 2.01. The lowest BCUT2D eigenvalue weighted by molar-refractivity contribution is 0.624. The van der Waals surface area contributed by atoms with E-state index >= 15 is 0 Å². The molecule has 0 amide bonds. The predicted octanol–water partition coefficient (Wildman–Crippen LogP) is 2.99. The molecule has 0 fully saturated rings. The maximum absolute atomic E-state index is 12.8. The molecule has 4 heteroatoms. The molecule has 96 valence electrons. The van der Waals surface area contributed by atoms with Crippen molar-refractivity contribution in [3.05, 3.63) is 65.7 Å². The van der Waals surface area contributed by atoms with Gasteiger partial charge in [-0.15, -0.1) is 0 Å². The molecule has 0 aliphatic carbocycles. The molecular formula is C15H14FN3. The van der Waals surface area contributed by atoms with Crippen LogP contribution in [0.2, 0.25) is 0 Å². The largest absolute Gasteiger partial charge is 0.341 e. The Morgan fingerprint density at radius 2 is 1.79 bits per heavy atom. The maximum Gasteiger partial charge on any atom is 0.123 e. The molecule has 0 atom stereocenters. The lowest BCUT2D eigenvalue weighted by Crippen LogP contribution is -2.13. The van der Waals surface area contributed by atoms with Crippen molar-refractivity contribution in [3.63, 3.8) is 0 Å². The van der Waals surface area contributed by atoms with Gasteiger partial charge in [-0.25, -0.2) is 9.37 Å². The molecule has 0 spiro atoms. The average Bonchev–Trinajstić information content (AvgIpc) is 2.83. The van der Waals surface area contributed by atoms with E-state index in [0.29, 0.717) is 13.1 Å². The van der Waals surface area contributed by atoms with Crippen LogP contribution in [0.4, 0.5) is 4.39 Å². The van der Waals surface area contributed by atoms with Crippen LogP contribution >= 0.6 is 0 Å². The Morgan fingerprint density at radius 1 is 1.00 bits per heavy atom. The first-order valence-corrected chi connectivity index (χ1v) is 6.20. The molecule has 3 nitrogen and oxygen atoms in total. The number of H-pyrrole nitrogens is 1. The molecular weight excluding hydrogens is 241 g/mol. The molecule has 3 aromatic rings. The Bertz CT molecular complexity index is 640. The quantitative estimate of drug-likeness (QED) is 0.752. The Balaban J connectivity index is 1.61. The molecule has 2 aromatic carbocycles. The summed E-state index contributed by atoms with van der Waals surface area (Å²) in [5.74, 6) is 0.698. The number of nitrogens with one attached hydrogen (secondary N) is 2. The normalized spacial score (nSPS) is 11.0. The van der Waals surface area contributed by atoms with E-state index in [-0.39, 0.29) is 5.82 Å². The minimum Gasteiger partial charge on any atom is -0.341 e. The van der Waals surface area contributed by atoms with Gasteiger partial charge in [-0.1, -0.05) is 24.3 Å². The number of hydrogen-bond acceptors (Lipinski definition) is 2. The summed E-state index contributed by atoms with van der Waals surface area (Å²) in [6.07, 6.45) is 0. The van der Waals surface area contributed by atoms with Crippen LogP contribution in [-0.2, 0) is 13.1 Å². The summed E-state index contributed by atoms with van der Waals surface area (Å²) >= 11 is 0. The third-order valence-electron chi connectivity index (χ3n) is 2.97. The van der Waals surface area contributed by atoms with Crippen molar-refractivity contribution < 1.29 is 4.39 Å². The SMILES string of the molecule is Fc1ccc(CNCc2nc3ccccc3[nH]2)cc1. The van der Waals surface area contributed by atoms with Gasteiger partial charge in [-0.3, -0.25) is 0 Å². The molecule has 19 heavy (non-hydrogen) atoms. The fourth-order valence-electron chi connectivity index (χ4n) is 2.02. The van der Waals surface area contributed by atoms with E-state index in [2.05, 4.69) is 15.3 Å². The second-order valence-corrected chi connectivity index (χ2v) is 4.43. The van der Waals surface area contributed by atoms with Crippen molar-refractivity contribution in [3.8, 4) is 0 Å². The summed E-state index contributed by atoms with van der Waals surface area (Å²) < 4.78 is 12.8. The van der Waals surface area contributed by atoms with E-state index < -0.39 is 0 Å². The molecule has 2 N–H and O–H groups in total. The fourth-order valence-corrected chi connectivity index (χ4v) is 2.02. The van der Waals surface area contributed by atoms with Gasteiger partial charge in [-0.2, -0.15) is 0 Å². The van der Waals surface area contributed by atoms with E-state index in [4.69, 9.17) is 0 Å². The topological polar surface area (TPSA) is 40.7 Å². The molecule has 0 aliphatic rings. The number of aromatic amines is 1. The Labute approximate surface area is 110 Å². The molecule has 0 bridgehead atoms. The summed E-state index contributed by atoms with van der Waals surface area (Å²) in [5, 5.41) is 3.28. The van der Waals surface area contributed by atoms with Gasteiger partial charge in [0.1, 0.15) is 11.6 Å². The van der Waals surface area contributed by atoms with Crippen LogP contribution in [0, 0.1) is 5.82 Å². The van der Waals surface area contributed by atoms with Crippen LogP contribution in [0.1, 0.15) is 11.4 Å². The molecule has 1 heterocycles. The Morgan fingerprint density at radius 3 is 2.58 bits per heavy atom. The predicted molar refractivity (Wildman–Crippen MR) is 73.0 cm³/mol. The molecule has 1 aromatic heterocycles. The third kappa shape index (κ3) is 2.80. The number of fused-ring (bicyclic) bond motifs is 1. The summed E-state index contributed by atoms with van der Waals surface area (Å²) in [7, 11) is 0. The fraction of sp³-hybridized carbons (Fsp3) is 0.133. The zero-order valence-electron chi connectivity index (χ0n) is 10.4. The monoisotopic (exact) mass is 255 g/mol. The molecule has 0 saturated carbocycles. The van der Waals surface area contributed by atoms with Crippen LogP contribution in [-0.4, -0.2) is 9.97 Å². The number of para-hydroxylation sites is 2. The van der Waals surface area contributed by atoms with Gasteiger partial charge < -0.3 is 10.3 Å². The number of nitrogens with zero attached hydrogens (tertiary/aromatic N) is 1. The first-order chi connectivity index (χ1) is 9.31. The minimum absolute atomic E-state index is 0.207. The van der Waals surface area contributed by atoms with Crippen molar-refractivity contribution in [1.82, 2.24) is 15.3 Å². The number of aromatic nitrogens is 2. The van der Waals surface area contributed by atoms with Gasteiger partial charge in [0.05, 0.1) is 17.6 Å². The van der Waals surface area contributed by atoms with Crippen LogP contribution < -0.4 is 5.32 Å². The van der Waals surface area contributed by atoms with E-state index in [0.717, 1.165) is 22.4 Å². The molecule has 0 aliphatic heterocycles. The van der Waals surface area contributed by atoms with Gasteiger partial charge in [0, 0.05) is 6.54 Å². The lowest BCUT2D eigenvalue weighted by atomic mass is 10.2. The highest BCUT2D eigenvalue weighted by molar-refractivity contribution is 5.74. The van der Waals surface area contributed by atoms with E-state index in [1.165, 1.54) is 12.1 Å². The first-order valence-electron chi connectivity index (χ1n) is 6.20. The number of rotatable bonds is 4. The van der Waals surface area contributed by atoms with Crippen LogP contribution in [0.5, 0.6) is 0 Å². The van der Waals surface area contributed by atoms with Crippen molar-refractivity contribution in [2.45, 2.75) is 13.1 Å². The highest BCUT2D eigenvalue weighted by atomic mass is 19.1. The molecule has 0 unspecified atom stereocenters. The van der Waals surface area contributed by atoms with Gasteiger partial charge >= 0.3 is 0 Å². The number of imidazole rings is 1. The first kappa shape index (κ1) is 11.9. The van der Waals surface area contributed by atoms with Gasteiger partial charge in [0.2, 0.25) is 0 Å². The van der Waals surface area contributed by atoms with Crippen LogP contribution in [0.25, 0.3) is 11.0 Å². The van der Waals surface area contributed by atoms with E-state index in [9.17, 15) is 4.39 Å². The van der Waals surface area contributed by atoms with Crippen molar-refractivity contribution in [2.24, 2.45) is 0 Å². The van der Waals surface area contributed by atoms with Gasteiger partial charge in [0.15, 0.2) is 0 Å². The van der Waals surface area contributed by atoms with Crippen LogP contribution in [0.3, 0.4) is 0 Å². The zero-order chi connectivity index (χ0) is 13.1. The second kappa shape index (κ2) is 5.20.